The zero-order valence-corrected chi connectivity index (χ0v) is 11.3. The highest BCUT2D eigenvalue weighted by Crippen LogP contribution is 2.26. The number of imidazole rings is 1. The summed E-state index contributed by atoms with van der Waals surface area (Å²) in [5, 5.41) is 8.96. The molecule has 0 bridgehead atoms. The van der Waals surface area contributed by atoms with Gasteiger partial charge in [-0.15, -0.1) is 0 Å². The summed E-state index contributed by atoms with van der Waals surface area (Å²) in [4.78, 5) is 13.9. The Morgan fingerprint density at radius 3 is 3.28 bits per heavy atom. The van der Waals surface area contributed by atoms with Gasteiger partial charge < -0.3 is 9.88 Å². The van der Waals surface area contributed by atoms with Crippen LogP contribution in [0.2, 0.25) is 0 Å². The van der Waals surface area contributed by atoms with Crippen molar-refractivity contribution in [1.29, 1.82) is 5.26 Å². The first-order chi connectivity index (χ1) is 8.76. The average Bonchev–Trinajstić information content (AvgIpc) is 2.81. The number of piperidine rings is 1. The summed E-state index contributed by atoms with van der Waals surface area (Å²) in [7, 11) is 0. The number of H-pyrrole nitrogens is 1. The number of aromatic amines is 1. The largest absolute Gasteiger partial charge is 0.340 e. The van der Waals surface area contributed by atoms with Crippen LogP contribution in [0.15, 0.2) is 16.7 Å². The van der Waals surface area contributed by atoms with E-state index < -0.39 is 0 Å². The van der Waals surface area contributed by atoms with E-state index in [1.54, 1.807) is 11.1 Å². The van der Waals surface area contributed by atoms with Crippen LogP contribution in [-0.2, 0) is 0 Å². The Morgan fingerprint density at radius 1 is 1.56 bits per heavy atom. The van der Waals surface area contributed by atoms with Crippen molar-refractivity contribution < 1.29 is 0 Å². The Morgan fingerprint density at radius 2 is 2.44 bits per heavy atom. The first kappa shape index (κ1) is 11.5. The van der Waals surface area contributed by atoms with Crippen LogP contribution in [0.1, 0.15) is 24.6 Å². The normalized spacial score (nSPS) is 20.0. The minimum Gasteiger partial charge on any atom is -0.340 e. The summed E-state index contributed by atoms with van der Waals surface area (Å²) in [5.41, 5.74) is 1.68. The van der Waals surface area contributed by atoms with E-state index in [4.69, 9.17) is 5.26 Å². The number of pyridine rings is 1. The Labute approximate surface area is 113 Å². The van der Waals surface area contributed by atoms with Crippen molar-refractivity contribution in [3.8, 4) is 6.19 Å². The number of aromatic nitrogens is 3. The summed E-state index contributed by atoms with van der Waals surface area (Å²) < 4.78 is 0.937. The molecule has 1 saturated heterocycles. The van der Waals surface area contributed by atoms with Gasteiger partial charge in [-0.25, -0.2) is 9.97 Å². The van der Waals surface area contributed by atoms with E-state index in [1.807, 2.05) is 6.07 Å². The zero-order valence-electron chi connectivity index (χ0n) is 9.73. The molecule has 3 rings (SSSR count). The maximum Gasteiger partial charge on any atom is 0.179 e. The summed E-state index contributed by atoms with van der Waals surface area (Å²) in [6, 6.07) is 1.98. The molecule has 0 spiro atoms. The SMILES string of the molecule is N#CN1CCCC(c2nc3ncc(Br)cc3[nH]2)C1. The fourth-order valence-corrected chi connectivity index (χ4v) is 2.71. The lowest BCUT2D eigenvalue weighted by atomic mass is 9.98. The maximum absolute atomic E-state index is 8.96. The lowest BCUT2D eigenvalue weighted by Gasteiger charge is -2.27. The van der Waals surface area contributed by atoms with Crippen molar-refractivity contribution in [2.45, 2.75) is 18.8 Å². The molecule has 0 radical (unpaired) electrons. The van der Waals surface area contributed by atoms with Gasteiger partial charge >= 0.3 is 0 Å². The summed E-state index contributed by atoms with van der Waals surface area (Å²) in [5.74, 6) is 1.24. The van der Waals surface area contributed by atoms with Crippen molar-refractivity contribution in [2.24, 2.45) is 0 Å². The number of hydrogen-bond acceptors (Lipinski definition) is 4. The van der Waals surface area contributed by atoms with E-state index >= 15 is 0 Å². The van der Waals surface area contributed by atoms with Gasteiger partial charge in [0.15, 0.2) is 11.8 Å². The number of hydrogen-bond donors (Lipinski definition) is 1. The van der Waals surface area contributed by atoms with Crippen LogP contribution in [-0.4, -0.2) is 32.9 Å². The predicted molar refractivity (Wildman–Crippen MR) is 70.7 cm³/mol. The van der Waals surface area contributed by atoms with Gasteiger partial charge in [-0.3, -0.25) is 0 Å². The second kappa shape index (κ2) is 4.58. The van der Waals surface area contributed by atoms with Crippen LogP contribution in [0.4, 0.5) is 0 Å². The molecular weight excluding hydrogens is 294 g/mol. The smallest absolute Gasteiger partial charge is 0.179 e. The molecule has 92 valence electrons. The molecule has 0 aliphatic carbocycles. The number of likely N-dealkylation sites (tertiary alicyclic amines) is 1. The van der Waals surface area contributed by atoms with Crippen molar-refractivity contribution in [3.05, 3.63) is 22.6 Å². The van der Waals surface area contributed by atoms with Crippen LogP contribution in [0.25, 0.3) is 11.2 Å². The molecule has 0 aromatic carbocycles. The van der Waals surface area contributed by atoms with E-state index in [0.29, 0.717) is 5.92 Å². The van der Waals surface area contributed by atoms with Gasteiger partial charge in [-0.2, -0.15) is 5.26 Å². The fraction of sp³-hybridized carbons (Fsp3) is 0.417. The van der Waals surface area contributed by atoms with Crippen LogP contribution >= 0.6 is 15.9 Å². The molecule has 1 atom stereocenters. The summed E-state index contributed by atoms with van der Waals surface area (Å²) >= 11 is 3.40. The summed E-state index contributed by atoms with van der Waals surface area (Å²) in [6.45, 7) is 1.61. The molecule has 5 nitrogen and oxygen atoms in total. The van der Waals surface area contributed by atoms with Crippen molar-refractivity contribution in [2.75, 3.05) is 13.1 Å². The van der Waals surface area contributed by atoms with Gasteiger partial charge in [-0.1, -0.05) is 0 Å². The lowest BCUT2D eigenvalue weighted by Crippen LogP contribution is -2.30. The third kappa shape index (κ3) is 2.06. The Hall–Kier alpha value is -1.61. The molecule has 18 heavy (non-hydrogen) atoms. The minimum atomic E-state index is 0.298. The van der Waals surface area contributed by atoms with Crippen LogP contribution in [0.3, 0.4) is 0 Å². The molecule has 0 amide bonds. The second-order valence-electron chi connectivity index (χ2n) is 4.53. The number of fused-ring (bicyclic) bond motifs is 1. The molecule has 1 aliphatic heterocycles. The Balaban J connectivity index is 1.92. The van der Waals surface area contributed by atoms with Gasteiger partial charge in [0.05, 0.1) is 5.52 Å². The second-order valence-corrected chi connectivity index (χ2v) is 5.45. The first-order valence-corrected chi connectivity index (χ1v) is 6.71. The molecule has 0 saturated carbocycles. The standard InChI is InChI=1S/C12H12BrN5/c13-9-4-10-12(15-5-9)17-11(16-10)8-2-1-3-18(6-8)7-14/h4-5,8H,1-3,6H2,(H,15,16,17). The van der Waals surface area contributed by atoms with Crippen LogP contribution in [0, 0.1) is 11.5 Å². The number of halogens is 1. The molecule has 1 fully saturated rings. The van der Waals surface area contributed by atoms with Gasteiger partial charge in [0.1, 0.15) is 5.82 Å². The van der Waals surface area contributed by atoms with Crippen molar-refractivity contribution >= 4 is 27.1 Å². The van der Waals surface area contributed by atoms with E-state index in [0.717, 1.165) is 47.4 Å². The highest BCUT2D eigenvalue weighted by atomic mass is 79.9. The number of rotatable bonds is 1. The van der Waals surface area contributed by atoms with E-state index in [2.05, 4.69) is 37.1 Å². The number of nitrogens with one attached hydrogen (secondary N) is 1. The molecule has 1 N–H and O–H groups in total. The molecular formula is C12H12BrN5. The lowest BCUT2D eigenvalue weighted by molar-refractivity contribution is 0.286. The quantitative estimate of drug-likeness (QED) is 0.821. The molecule has 1 aliphatic rings. The molecule has 1 unspecified atom stereocenters. The number of nitrogens with zero attached hydrogens (tertiary/aromatic N) is 4. The van der Waals surface area contributed by atoms with Gasteiger partial charge in [0.2, 0.25) is 0 Å². The van der Waals surface area contributed by atoms with Crippen LogP contribution < -0.4 is 0 Å². The highest BCUT2D eigenvalue weighted by Gasteiger charge is 2.23. The third-order valence-corrected chi connectivity index (χ3v) is 3.71. The molecule has 3 heterocycles. The molecule has 2 aromatic rings. The Bertz CT molecular complexity index is 614. The topological polar surface area (TPSA) is 68.6 Å². The van der Waals surface area contributed by atoms with Gasteiger partial charge in [-0.05, 0) is 34.8 Å². The first-order valence-electron chi connectivity index (χ1n) is 5.92. The van der Waals surface area contributed by atoms with E-state index in [-0.39, 0.29) is 0 Å². The van der Waals surface area contributed by atoms with Gasteiger partial charge in [0, 0.05) is 29.7 Å². The molecule has 2 aromatic heterocycles. The summed E-state index contributed by atoms with van der Waals surface area (Å²) in [6.07, 6.45) is 6.06. The molecule has 6 heteroatoms. The maximum atomic E-state index is 8.96. The minimum absolute atomic E-state index is 0.298. The van der Waals surface area contributed by atoms with Gasteiger partial charge in [0.25, 0.3) is 0 Å². The fourth-order valence-electron chi connectivity index (χ4n) is 2.38. The number of nitriles is 1. The highest BCUT2D eigenvalue weighted by molar-refractivity contribution is 9.10. The average molecular weight is 306 g/mol. The monoisotopic (exact) mass is 305 g/mol. The van der Waals surface area contributed by atoms with Crippen LogP contribution in [0.5, 0.6) is 0 Å². The van der Waals surface area contributed by atoms with Crippen molar-refractivity contribution in [3.63, 3.8) is 0 Å². The predicted octanol–water partition coefficient (Wildman–Crippen LogP) is 2.38. The zero-order chi connectivity index (χ0) is 12.5. The van der Waals surface area contributed by atoms with E-state index in [1.165, 1.54) is 0 Å². The Kier molecular flexibility index (Phi) is 2.92. The third-order valence-electron chi connectivity index (χ3n) is 3.27. The van der Waals surface area contributed by atoms with Crippen molar-refractivity contribution in [1.82, 2.24) is 19.9 Å². The van der Waals surface area contributed by atoms with E-state index in [9.17, 15) is 0 Å².